The molecule has 0 aromatic heterocycles. The number of carbonyl (C=O) groups is 2. The standard InChI is InChI=1S/C45H40N2O4/c1-29-13-23-41(31(3)25-29)50-27-43(48)46-35-19-15-33(16-20-35)45(39-11-7-5-9-37(39)38-10-6-8-12-40(38)45)34-17-21-36(22-18-34)47-44(49)28-51-42-24-14-30(2)26-32(42)4/h5-26H,27-28H2,1-4H3,(H,46,48)(H,47,49). The van der Waals surface area contributed by atoms with Crippen molar-refractivity contribution in [3.63, 3.8) is 0 Å². The molecule has 0 spiro atoms. The largest absolute Gasteiger partial charge is 0.483 e. The molecule has 0 saturated heterocycles. The van der Waals surface area contributed by atoms with Gasteiger partial charge in [0.2, 0.25) is 0 Å². The SMILES string of the molecule is Cc1ccc(OCC(=O)Nc2ccc(C3(c4ccc(NC(=O)COc5ccc(C)cc5C)cc4)c4ccccc4-c4ccccc43)cc2)c(C)c1. The van der Waals surface area contributed by atoms with Crippen molar-refractivity contribution in [1.82, 2.24) is 0 Å². The molecule has 2 amide bonds. The van der Waals surface area contributed by atoms with Gasteiger partial charge >= 0.3 is 0 Å². The highest BCUT2D eigenvalue weighted by Gasteiger charge is 2.45. The van der Waals surface area contributed by atoms with E-state index in [9.17, 15) is 9.59 Å². The molecule has 51 heavy (non-hydrogen) atoms. The number of aryl methyl sites for hydroxylation is 4. The maximum Gasteiger partial charge on any atom is 0.262 e. The quantitative estimate of drug-likeness (QED) is 0.152. The third-order valence-corrected chi connectivity index (χ3v) is 9.53. The zero-order valence-corrected chi connectivity index (χ0v) is 29.2. The van der Waals surface area contributed by atoms with Gasteiger partial charge < -0.3 is 20.1 Å². The molecule has 0 atom stereocenters. The molecule has 6 aromatic carbocycles. The lowest BCUT2D eigenvalue weighted by atomic mass is 9.67. The fraction of sp³-hybridized carbons (Fsp3) is 0.156. The van der Waals surface area contributed by atoms with E-state index >= 15 is 0 Å². The molecule has 1 aliphatic rings. The zero-order chi connectivity index (χ0) is 35.5. The van der Waals surface area contributed by atoms with E-state index in [1.165, 1.54) is 22.3 Å². The summed E-state index contributed by atoms with van der Waals surface area (Å²) in [4.78, 5) is 25.8. The molecule has 6 aromatic rings. The van der Waals surface area contributed by atoms with Crippen LogP contribution in [-0.2, 0) is 15.0 Å². The van der Waals surface area contributed by atoms with Crippen LogP contribution in [-0.4, -0.2) is 25.0 Å². The summed E-state index contributed by atoms with van der Waals surface area (Å²) >= 11 is 0. The van der Waals surface area contributed by atoms with Crippen LogP contribution in [0.25, 0.3) is 11.1 Å². The molecule has 0 aliphatic heterocycles. The Labute approximate surface area is 299 Å². The van der Waals surface area contributed by atoms with Gasteiger partial charge in [-0.25, -0.2) is 0 Å². The number of nitrogens with one attached hydrogen (secondary N) is 2. The first-order chi connectivity index (χ1) is 24.7. The second-order valence-corrected chi connectivity index (χ2v) is 13.2. The molecule has 0 fully saturated rings. The van der Waals surface area contributed by atoms with Gasteiger partial charge in [0.1, 0.15) is 11.5 Å². The molecule has 0 saturated carbocycles. The molecule has 1 aliphatic carbocycles. The molecule has 0 radical (unpaired) electrons. The van der Waals surface area contributed by atoms with Crippen molar-refractivity contribution >= 4 is 23.2 Å². The van der Waals surface area contributed by atoms with E-state index in [4.69, 9.17) is 9.47 Å². The Kier molecular flexibility index (Phi) is 9.16. The van der Waals surface area contributed by atoms with Crippen LogP contribution in [0.15, 0.2) is 133 Å². The number of anilines is 2. The second kappa shape index (κ2) is 14.0. The highest BCUT2D eigenvalue weighted by Crippen LogP contribution is 2.56. The molecular weight excluding hydrogens is 633 g/mol. The van der Waals surface area contributed by atoms with Gasteiger partial charge in [-0.05, 0) is 109 Å². The van der Waals surface area contributed by atoms with Crippen LogP contribution in [0.1, 0.15) is 44.5 Å². The number of amides is 2. The molecular formula is C45H40N2O4. The lowest BCUT2D eigenvalue weighted by Gasteiger charge is -2.34. The Bertz CT molecular complexity index is 2080. The van der Waals surface area contributed by atoms with Gasteiger partial charge in [0.25, 0.3) is 11.8 Å². The highest BCUT2D eigenvalue weighted by molar-refractivity contribution is 5.93. The minimum absolute atomic E-state index is 0.0864. The smallest absolute Gasteiger partial charge is 0.262 e. The van der Waals surface area contributed by atoms with Crippen molar-refractivity contribution in [3.05, 3.63) is 178 Å². The summed E-state index contributed by atoms with van der Waals surface area (Å²) in [5.74, 6) is 0.933. The Hall–Kier alpha value is -6.14. The van der Waals surface area contributed by atoms with E-state index in [0.717, 1.165) is 33.4 Å². The van der Waals surface area contributed by atoms with E-state index in [2.05, 4.69) is 83.4 Å². The van der Waals surface area contributed by atoms with E-state index in [-0.39, 0.29) is 25.0 Å². The van der Waals surface area contributed by atoms with Gasteiger partial charge in [0.15, 0.2) is 13.2 Å². The highest BCUT2D eigenvalue weighted by atomic mass is 16.5. The predicted octanol–water partition coefficient (Wildman–Crippen LogP) is 9.32. The molecule has 0 unspecified atom stereocenters. The van der Waals surface area contributed by atoms with Gasteiger partial charge in [-0.1, -0.05) is 108 Å². The molecule has 7 rings (SSSR count). The van der Waals surface area contributed by atoms with Gasteiger partial charge in [0, 0.05) is 11.4 Å². The van der Waals surface area contributed by atoms with Crippen LogP contribution in [0.3, 0.4) is 0 Å². The van der Waals surface area contributed by atoms with Crippen LogP contribution in [0, 0.1) is 27.7 Å². The average Bonchev–Trinajstić information content (AvgIpc) is 3.43. The Morgan fingerprint density at radius 2 is 0.902 bits per heavy atom. The minimum atomic E-state index is -0.629. The van der Waals surface area contributed by atoms with Crippen molar-refractivity contribution in [2.45, 2.75) is 33.1 Å². The number of carbonyl (C=O) groups excluding carboxylic acids is 2. The van der Waals surface area contributed by atoms with Crippen molar-refractivity contribution in [3.8, 4) is 22.6 Å². The molecule has 6 nitrogen and oxygen atoms in total. The van der Waals surface area contributed by atoms with Gasteiger partial charge in [-0.15, -0.1) is 0 Å². The van der Waals surface area contributed by atoms with Crippen LogP contribution in [0.4, 0.5) is 11.4 Å². The molecule has 2 N–H and O–H groups in total. The fourth-order valence-corrected chi connectivity index (χ4v) is 7.23. The Balaban J connectivity index is 1.15. The summed E-state index contributed by atoms with van der Waals surface area (Å²) in [6.45, 7) is 7.83. The fourth-order valence-electron chi connectivity index (χ4n) is 7.23. The summed E-state index contributed by atoms with van der Waals surface area (Å²) in [5, 5.41) is 5.98. The minimum Gasteiger partial charge on any atom is -0.483 e. The van der Waals surface area contributed by atoms with E-state index < -0.39 is 5.41 Å². The summed E-state index contributed by atoms with van der Waals surface area (Å²) in [6.07, 6.45) is 0. The summed E-state index contributed by atoms with van der Waals surface area (Å²) < 4.78 is 11.6. The normalized spacial score (nSPS) is 12.4. The van der Waals surface area contributed by atoms with Gasteiger partial charge in [-0.2, -0.15) is 0 Å². The molecule has 6 heteroatoms. The predicted molar refractivity (Wildman–Crippen MR) is 204 cm³/mol. The topological polar surface area (TPSA) is 76.7 Å². The van der Waals surface area contributed by atoms with E-state index in [0.29, 0.717) is 22.9 Å². The maximum absolute atomic E-state index is 12.9. The van der Waals surface area contributed by atoms with Crippen LogP contribution >= 0.6 is 0 Å². The van der Waals surface area contributed by atoms with Crippen LogP contribution in [0.5, 0.6) is 11.5 Å². The molecule has 0 heterocycles. The van der Waals surface area contributed by atoms with Crippen LogP contribution in [0.2, 0.25) is 0 Å². The first-order valence-electron chi connectivity index (χ1n) is 17.1. The Morgan fingerprint density at radius 1 is 0.510 bits per heavy atom. The summed E-state index contributed by atoms with van der Waals surface area (Å²) in [7, 11) is 0. The lowest BCUT2D eigenvalue weighted by molar-refractivity contribution is -0.118. The third kappa shape index (κ3) is 6.61. The van der Waals surface area contributed by atoms with E-state index in [1.807, 2.05) is 88.4 Å². The summed E-state index contributed by atoms with van der Waals surface area (Å²) in [5.41, 5.74) is 11.8. The molecule has 254 valence electrons. The third-order valence-electron chi connectivity index (χ3n) is 9.53. The van der Waals surface area contributed by atoms with Gasteiger partial charge in [-0.3, -0.25) is 9.59 Å². The first-order valence-corrected chi connectivity index (χ1v) is 17.1. The number of hydrogen-bond donors (Lipinski definition) is 2. The number of benzene rings is 6. The number of rotatable bonds is 10. The molecule has 0 bridgehead atoms. The lowest BCUT2D eigenvalue weighted by Crippen LogP contribution is -2.28. The van der Waals surface area contributed by atoms with Crippen LogP contribution < -0.4 is 20.1 Å². The van der Waals surface area contributed by atoms with Crippen molar-refractivity contribution in [2.75, 3.05) is 23.8 Å². The number of ether oxygens (including phenoxy) is 2. The maximum atomic E-state index is 12.9. The zero-order valence-electron chi connectivity index (χ0n) is 29.2. The monoisotopic (exact) mass is 672 g/mol. The van der Waals surface area contributed by atoms with E-state index in [1.54, 1.807) is 0 Å². The van der Waals surface area contributed by atoms with Crippen molar-refractivity contribution in [2.24, 2.45) is 0 Å². The number of hydrogen-bond acceptors (Lipinski definition) is 4. The Morgan fingerprint density at radius 3 is 1.29 bits per heavy atom. The van der Waals surface area contributed by atoms with Gasteiger partial charge in [0.05, 0.1) is 5.41 Å². The average molecular weight is 673 g/mol. The number of fused-ring (bicyclic) bond motifs is 3. The summed E-state index contributed by atoms with van der Waals surface area (Å²) in [6, 6.07) is 44.9. The van der Waals surface area contributed by atoms with Crippen molar-refractivity contribution in [1.29, 1.82) is 0 Å². The van der Waals surface area contributed by atoms with Crippen molar-refractivity contribution < 1.29 is 19.1 Å². The first kappa shape index (κ1) is 33.4. The second-order valence-electron chi connectivity index (χ2n) is 13.2.